The van der Waals surface area contributed by atoms with Crippen molar-refractivity contribution in [3.63, 3.8) is 0 Å². The van der Waals surface area contributed by atoms with Gasteiger partial charge in [-0.05, 0) is 42.1 Å². The third-order valence-corrected chi connectivity index (χ3v) is 4.20. The van der Waals surface area contributed by atoms with Gasteiger partial charge in [0.2, 0.25) is 0 Å². The Hall–Kier alpha value is -0.590. The van der Waals surface area contributed by atoms with Gasteiger partial charge in [0.05, 0.1) is 0 Å². The van der Waals surface area contributed by atoms with Gasteiger partial charge in [0.1, 0.15) is 0 Å². The van der Waals surface area contributed by atoms with Crippen LogP contribution in [-0.2, 0) is 4.79 Å². The zero-order valence-corrected chi connectivity index (χ0v) is 8.92. The van der Waals surface area contributed by atoms with Gasteiger partial charge in [-0.15, -0.1) is 0 Å². The maximum atomic E-state index is 11.4. The number of fused-ring (bicyclic) bond motifs is 1. The van der Waals surface area contributed by atoms with E-state index in [9.17, 15) is 4.79 Å². The number of carbonyl (C=O) groups excluding carboxylic acids is 1. The summed E-state index contributed by atoms with van der Waals surface area (Å²) in [4.78, 5) is 11.4. The van der Waals surface area contributed by atoms with E-state index in [2.05, 4.69) is 26.8 Å². The van der Waals surface area contributed by atoms with Crippen LogP contribution < -0.4 is 0 Å². The second-order valence-electron chi connectivity index (χ2n) is 5.25. The third kappa shape index (κ3) is 1.02. The molecular weight excluding hydrogens is 160 g/mol. The van der Waals surface area contributed by atoms with Gasteiger partial charge in [0.25, 0.3) is 0 Å². The summed E-state index contributed by atoms with van der Waals surface area (Å²) in [5.74, 6) is 2.23. The Labute approximate surface area is 80.2 Å². The van der Waals surface area contributed by atoms with Crippen molar-refractivity contribution >= 4 is 5.78 Å². The van der Waals surface area contributed by atoms with Gasteiger partial charge in [0.15, 0.2) is 5.78 Å². The van der Waals surface area contributed by atoms with Crippen molar-refractivity contribution in [2.24, 2.45) is 23.2 Å². The van der Waals surface area contributed by atoms with Crippen LogP contribution in [0, 0.1) is 23.2 Å². The summed E-state index contributed by atoms with van der Waals surface area (Å²) in [6.45, 7) is 8.55. The topological polar surface area (TPSA) is 17.1 Å². The van der Waals surface area contributed by atoms with Crippen LogP contribution in [0.4, 0.5) is 0 Å². The summed E-state index contributed by atoms with van der Waals surface area (Å²) in [6, 6.07) is 0. The molecule has 3 unspecified atom stereocenters. The Morgan fingerprint density at radius 3 is 2.54 bits per heavy atom. The second-order valence-corrected chi connectivity index (χ2v) is 5.25. The van der Waals surface area contributed by atoms with E-state index in [1.807, 2.05) is 0 Å². The third-order valence-electron chi connectivity index (χ3n) is 4.20. The lowest BCUT2D eigenvalue weighted by Gasteiger charge is -2.58. The van der Waals surface area contributed by atoms with Crippen molar-refractivity contribution < 1.29 is 4.79 Å². The smallest absolute Gasteiger partial charge is 0.155 e. The molecule has 3 aliphatic carbocycles. The highest BCUT2D eigenvalue weighted by Gasteiger charge is 2.54. The first kappa shape index (κ1) is 8.98. The molecule has 0 aromatic heterocycles. The number of hydrogen-bond acceptors (Lipinski definition) is 1. The summed E-state index contributed by atoms with van der Waals surface area (Å²) in [6.07, 6.45) is 3.44. The molecule has 0 spiro atoms. The fourth-order valence-electron chi connectivity index (χ4n) is 3.26. The number of carbonyl (C=O) groups is 1. The summed E-state index contributed by atoms with van der Waals surface area (Å²) in [7, 11) is 0. The van der Waals surface area contributed by atoms with Crippen LogP contribution in [0.15, 0.2) is 11.6 Å². The highest BCUT2D eigenvalue weighted by Crippen LogP contribution is 2.61. The van der Waals surface area contributed by atoms with E-state index < -0.39 is 0 Å². The van der Waals surface area contributed by atoms with E-state index in [4.69, 9.17) is 0 Å². The monoisotopic (exact) mass is 178 g/mol. The molecule has 1 saturated carbocycles. The van der Waals surface area contributed by atoms with E-state index in [1.54, 1.807) is 6.92 Å². The molecule has 0 aromatic rings. The summed E-state index contributed by atoms with van der Waals surface area (Å²) in [5, 5.41) is 0. The molecule has 0 amide bonds. The van der Waals surface area contributed by atoms with Crippen molar-refractivity contribution in [2.75, 3.05) is 0 Å². The van der Waals surface area contributed by atoms with Crippen LogP contribution in [0.5, 0.6) is 0 Å². The Kier molecular flexibility index (Phi) is 1.70. The molecule has 0 saturated heterocycles. The lowest BCUT2D eigenvalue weighted by Crippen LogP contribution is -2.52. The van der Waals surface area contributed by atoms with Crippen molar-refractivity contribution in [2.45, 2.75) is 34.1 Å². The normalized spacial score (nSPS) is 40.6. The minimum atomic E-state index is 0.281. The van der Waals surface area contributed by atoms with E-state index in [0.29, 0.717) is 17.3 Å². The van der Waals surface area contributed by atoms with E-state index in [0.717, 1.165) is 11.5 Å². The predicted octanol–water partition coefficient (Wildman–Crippen LogP) is 2.81. The average molecular weight is 178 g/mol. The lowest BCUT2D eigenvalue weighted by molar-refractivity contribution is -0.118. The first-order valence-electron chi connectivity index (χ1n) is 5.17. The Morgan fingerprint density at radius 2 is 2.15 bits per heavy atom. The van der Waals surface area contributed by atoms with Crippen LogP contribution in [-0.4, -0.2) is 5.78 Å². The van der Waals surface area contributed by atoms with E-state index >= 15 is 0 Å². The summed E-state index contributed by atoms with van der Waals surface area (Å²) < 4.78 is 0. The molecular formula is C12H18O. The molecule has 0 aliphatic heterocycles. The fourth-order valence-corrected chi connectivity index (χ4v) is 3.26. The van der Waals surface area contributed by atoms with Crippen molar-refractivity contribution in [1.82, 2.24) is 0 Å². The maximum absolute atomic E-state index is 11.4. The lowest BCUT2D eigenvalue weighted by atomic mass is 9.46. The second kappa shape index (κ2) is 2.46. The van der Waals surface area contributed by atoms with Crippen LogP contribution in [0.1, 0.15) is 34.1 Å². The van der Waals surface area contributed by atoms with Gasteiger partial charge in [-0.1, -0.05) is 26.8 Å². The zero-order chi connectivity index (χ0) is 9.80. The minimum absolute atomic E-state index is 0.281. The molecule has 1 heteroatoms. The number of rotatable bonds is 1. The molecule has 1 nitrogen and oxygen atoms in total. The minimum Gasteiger partial charge on any atom is -0.295 e. The number of hydrogen-bond donors (Lipinski definition) is 0. The van der Waals surface area contributed by atoms with Crippen LogP contribution in [0.2, 0.25) is 0 Å². The van der Waals surface area contributed by atoms with Gasteiger partial charge < -0.3 is 0 Å². The molecule has 3 atom stereocenters. The standard InChI is InChI=1S/C12H18O/c1-7-5-9(8(2)13)11-6-10(7)12(11,3)4/h5,7,10-11H,6H2,1-4H3. The maximum Gasteiger partial charge on any atom is 0.155 e. The highest BCUT2D eigenvalue weighted by molar-refractivity contribution is 5.94. The highest BCUT2D eigenvalue weighted by atomic mass is 16.1. The quantitative estimate of drug-likeness (QED) is 0.603. The van der Waals surface area contributed by atoms with Gasteiger partial charge in [-0.25, -0.2) is 0 Å². The molecule has 3 rings (SSSR count). The Morgan fingerprint density at radius 1 is 1.54 bits per heavy atom. The average Bonchev–Trinajstić information content (AvgIpc) is 2.02. The molecule has 1 fully saturated rings. The molecule has 0 heterocycles. The molecule has 0 N–H and O–H groups in total. The molecule has 0 aromatic carbocycles. The van der Waals surface area contributed by atoms with Crippen LogP contribution in [0.25, 0.3) is 0 Å². The van der Waals surface area contributed by atoms with Crippen LogP contribution in [0.3, 0.4) is 0 Å². The Balaban J connectivity index is 2.37. The predicted molar refractivity (Wildman–Crippen MR) is 53.3 cm³/mol. The van der Waals surface area contributed by atoms with Gasteiger partial charge in [-0.3, -0.25) is 4.79 Å². The summed E-state index contributed by atoms with van der Waals surface area (Å²) >= 11 is 0. The first-order chi connectivity index (χ1) is 5.94. The molecule has 13 heavy (non-hydrogen) atoms. The molecule has 0 radical (unpaired) electrons. The van der Waals surface area contributed by atoms with Gasteiger partial charge in [-0.2, -0.15) is 0 Å². The fraction of sp³-hybridized carbons (Fsp3) is 0.750. The van der Waals surface area contributed by atoms with Crippen LogP contribution >= 0.6 is 0 Å². The number of ketones is 1. The van der Waals surface area contributed by atoms with Crippen molar-refractivity contribution in [3.05, 3.63) is 11.6 Å². The first-order valence-corrected chi connectivity index (χ1v) is 5.17. The number of Topliss-reactive ketones (excluding diaryl/α,β-unsaturated/α-hetero) is 1. The summed E-state index contributed by atoms with van der Waals surface area (Å²) in [5.41, 5.74) is 1.47. The largest absolute Gasteiger partial charge is 0.295 e. The van der Waals surface area contributed by atoms with E-state index in [1.165, 1.54) is 6.42 Å². The van der Waals surface area contributed by atoms with Gasteiger partial charge >= 0.3 is 0 Å². The molecule has 2 bridgehead atoms. The van der Waals surface area contributed by atoms with Gasteiger partial charge in [0, 0.05) is 0 Å². The molecule has 72 valence electrons. The SMILES string of the molecule is CC(=O)C1=CC(C)C2CC1C2(C)C. The van der Waals surface area contributed by atoms with E-state index in [-0.39, 0.29) is 5.78 Å². The Bertz CT molecular complexity index is 285. The van der Waals surface area contributed by atoms with Crippen molar-refractivity contribution in [3.8, 4) is 0 Å². The van der Waals surface area contributed by atoms with Crippen molar-refractivity contribution in [1.29, 1.82) is 0 Å². The zero-order valence-electron chi connectivity index (χ0n) is 8.92. The molecule has 3 aliphatic rings. The number of allylic oxidation sites excluding steroid dienone is 2.